The first-order chi connectivity index (χ1) is 11.5. The van der Waals surface area contributed by atoms with Gasteiger partial charge in [-0.2, -0.15) is 0 Å². The molecular formula is C17H17N3O2S2. The second-order valence-corrected chi connectivity index (χ2v) is 8.15. The van der Waals surface area contributed by atoms with Crippen LogP contribution in [0, 0.1) is 0 Å². The van der Waals surface area contributed by atoms with Gasteiger partial charge < -0.3 is 5.32 Å². The summed E-state index contributed by atoms with van der Waals surface area (Å²) >= 11 is 1.04. The maximum absolute atomic E-state index is 11.4. The quantitative estimate of drug-likeness (QED) is 0.708. The minimum Gasteiger partial charge on any atom is -0.354 e. The molecule has 0 spiro atoms. The summed E-state index contributed by atoms with van der Waals surface area (Å²) in [6, 6.07) is 20.1. The minimum absolute atomic E-state index is 0.0203. The number of nitrogens with two attached hydrogens (primary N) is 1. The van der Waals surface area contributed by atoms with Crippen LogP contribution in [0.5, 0.6) is 0 Å². The summed E-state index contributed by atoms with van der Waals surface area (Å²) in [4.78, 5) is 4.14. The molecule has 2 aromatic carbocycles. The Morgan fingerprint density at radius 3 is 2.25 bits per heavy atom. The third-order valence-electron chi connectivity index (χ3n) is 3.55. The number of benzene rings is 2. The molecule has 0 saturated carbocycles. The highest BCUT2D eigenvalue weighted by atomic mass is 32.2. The van der Waals surface area contributed by atoms with E-state index in [4.69, 9.17) is 5.14 Å². The smallest absolute Gasteiger partial charge is 0.249 e. The van der Waals surface area contributed by atoms with E-state index >= 15 is 0 Å². The van der Waals surface area contributed by atoms with Gasteiger partial charge in [-0.15, -0.1) is 0 Å². The van der Waals surface area contributed by atoms with Crippen LogP contribution in [0.1, 0.15) is 17.2 Å². The molecule has 24 heavy (non-hydrogen) atoms. The van der Waals surface area contributed by atoms with E-state index in [-0.39, 0.29) is 10.3 Å². The predicted octanol–water partition coefficient (Wildman–Crippen LogP) is 3.19. The molecule has 5 nitrogen and oxygen atoms in total. The highest BCUT2D eigenvalue weighted by molar-refractivity contribution is 7.91. The summed E-state index contributed by atoms with van der Waals surface area (Å²) in [6.45, 7) is 0. The van der Waals surface area contributed by atoms with Crippen LogP contribution in [0.25, 0.3) is 0 Å². The lowest BCUT2D eigenvalue weighted by Gasteiger charge is -2.19. The second kappa shape index (κ2) is 7.12. The van der Waals surface area contributed by atoms with Crippen LogP contribution in [0.4, 0.5) is 5.13 Å². The Labute approximate surface area is 145 Å². The number of sulfonamides is 1. The van der Waals surface area contributed by atoms with Crippen LogP contribution in [0.15, 0.2) is 71.1 Å². The van der Waals surface area contributed by atoms with Crippen LogP contribution in [0.3, 0.4) is 0 Å². The van der Waals surface area contributed by atoms with E-state index in [0.717, 1.165) is 23.3 Å². The number of rotatable bonds is 6. The average Bonchev–Trinajstić information content (AvgIpc) is 3.05. The van der Waals surface area contributed by atoms with Crippen molar-refractivity contribution in [2.45, 2.75) is 16.7 Å². The molecule has 0 aliphatic carbocycles. The number of anilines is 1. The zero-order chi connectivity index (χ0) is 17.0. The van der Waals surface area contributed by atoms with E-state index < -0.39 is 10.0 Å². The van der Waals surface area contributed by atoms with E-state index in [1.165, 1.54) is 11.8 Å². The summed E-state index contributed by atoms with van der Waals surface area (Å²) in [5, 5.41) is 9.01. The SMILES string of the molecule is NS(=O)(=O)c1cnc(NC(Cc2ccccc2)c2ccccc2)s1. The molecule has 0 fully saturated rings. The van der Waals surface area contributed by atoms with Gasteiger partial charge in [-0.25, -0.2) is 18.5 Å². The zero-order valence-corrected chi connectivity index (χ0v) is 14.4. The first kappa shape index (κ1) is 16.6. The summed E-state index contributed by atoms with van der Waals surface area (Å²) in [5.74, 6) is 0. The van der Waals surface area contributed by atoms with Gasteiger partial charge in [0.25, 0.3) is 0 Å². The van der Waals surface area contributed by atoms with Crippen LogP contribution in [-0.4, -0.2) is 13.4 Å². The van der Waals surface area contributed by atoms with Gasteiger partial charge in [-0.3, -0.25) is 0 Å². The second-order valence-electron chi connectivity index (χ2n) is 5.33. The number of hydrogen-bond donors (Lipinski definition) is 2. The molecule has 1 unspecified atom stereocenters. The van der Waals surface area contributed by atoms with E-state index in [1.807, 2.05) is 48.5 Å². The molecule has 0 saturated heterocycles. The number of thiazole rings is 1. The van der Waals surface area contributed by atoms with Crippen LogP contribution < -0.4 is 10.5 Å². The van der Waals surface area contributed by atoms with E-state index in [0.29, 0.717) is 5.13 Å². The summed E-state index contributed by atoms with van der Waals surface area (Å²) in [6.07, 6.45) is 2.04. The first-order valence-electron chi connectivity index (χ1n) is 7.36. The maximum Gasteiger partial charge on any atom is 0.249 e. The van der Waals surface area contributed by atoms with Gasteiger partial charge in [0.05, 0.1) is 12.2 Å². The van der Waals surface area contributed by atoms with Crippen LogP contribution in [0.2, 0.25) is 0 Å². The zero-order valence-electron chi connectivity index (χ0n) is 12.8. The van der Waals surface area contributed by atoms with Gasteiger partial charge in [0.1, 0.15) is 0 Å². The number of aromatic nitrogens is 1. The van der Waals surface area contributed by atoms with Crippen molar-refractivity contribution in [2.75, 3.05) is 5.32 Å². The van der Waals surface area contributed by atoms with E-state index in [9.17, 15) is 8.42 Å². The van der Waals surface area contributed by atoms with Crippen molar-refractivity contribution in [2.24, 2.45) is 5.14 Å². The average molecular weight is 359 g/mol. The highest BCUT2D eigenvalue weighted by Gasteiger charge is 2.17. The fraction of sp³-hybridized carbons (Fsp3) is 0.118. The Morgan fingerprint density at radius 2 is 1.67 bits per heavy atom. The molecule has 1 heterocycles. The Hall–Kier alpha value is -2.22. The van der Waals surface area contributed by atoms with Gasteiger partial charge in [0.15, 0.2) is 9.34 Å². The van der Waals surface area contributed by atoms with Gasteiger partial charge in [-0.05, 0) is 17.5 Å². The van der Waals surface area contributed by atoms with Crippen molar-refractivity contribution in [1.82, 2.24) is 4.98 Å². The molecule has 3 N–H and O–H groups in total. The molecule has 124 valence electrons. The van der Waals surface area contributed by atoms with Gasteiger partial charge in [-0.1, -0.05) is 72.0 Å². The van der Waals surface area contributed by atoms with Crippen molar-refractivity contribution in [3.05, 3.63) is 78.0 Å². The van der Waals surface area contributed by atoms with E-state index in [2.05, 4.69) is 22.4 Å². The molecule has 3 aromatic rings. The van der Waals surface area contributed by atoms with Crippen molar-refractivity contribution in [3.8, 4) is 0 Å². The maximum atomic E-state index is 11.4. The molecule has 1 atom stereocenters. The number of nitrogens with one attached hydrogen (secondary N) is 1. The largest absolute Gasteiger partial charge is 0.354 e. The molecule has 0 amide bonds. The van der Waals surface area contributed by atoms with Gasteiger partial charge >= 0.3 is 0 Å². The Morgan fingerprint density at radius 1 is 1.04 bits per heavy atom. The lowest BCUT2D eigenvalue weighted by Crippen LogP contribution is -2.13. The standard InChI is InChI=1S/C17H17N3O2S2/c18-24(21,22)16-12-19-17(23-16)20-15(14-9-5-2-6-10-14)11-13-7-3-1-4-8-13/h1-10,12,15H,11H2,(H,19,20)(H2,18,21,22). The minimum atomic E-state index is -3.73. The van der Waals surface area contributed by atoms with Crippen molar-refractivity contribution in [1.29, 1.82) is 0 Å². The highest BCUT2D eigenvalue weighted by Crippen LogP contribution is 2.28. The Balaban J connectivity index is 1.86. The van der Waals surface area contributed by atoms with Crippen LogP contribution in [-0.2, 0) is 16.4 Å². The van der Waals surface area contributed by atoms with Crippen molar-refractivity contribution < 1.29 is 8.42 Å². The lowest BCUT2D eigenvalue weighted by atomic mass is 9.99. The summed E-state index contributed by atoms with van der Waals surface area (Å²) < 4.78 is 22.9. The first-order valence-corrected chi connectivity index (χ1v) is 9.73. The summed E-state index contributed by atoms with van der Waals surface area (Å²) in [7, 11) is -3.73. The third-order valence-corrected chi connectivity index (χ3v) is 5.88. The molecule has 0 aliphatic rings. The normalized spacial score (nSPS) is 12.7. The van der Waals surface area contributed by atoms with Crippen LogP contribution >= 0.6 is 11.3 Å². The molecule has 0 aliphatic heterocycles. The topological polar surface area (TPSA) is 85.1 Å². The lowest BCUT2D eigenvalue weighted by molar-refractivity contribution is 0.599. The summed E-state index contributed by atoms with van der Waals surface area (Å²) in [5.41, 5.74) is 2.29. The molecular weight excluding hydrogens is 342 g/mol. The van der Waals surface area contributed by atoms with Gasteiger partial charge in [0.2, 0.25) is 10.0 Å². The van der Waals surface area contributed by atoms with Gasteiger partial charge in [0, 0.05) is 0 Å². The van der Waals surface area contributed by atoms with Crippen molar-refractivity contribution >= 4 is 26.5 Å². The number of primary sulfonamides is 1. The molecule has 0 radical (unpaired) electrons. The molecule has 1 aromatic heterocycles. The monoisotopic (exact) mass is 359 g/mol. The number of nitrogens with zero attached hydrogens (tertiary/aromatic N) is 1. The van der Waals surface area contributed by atoms with Crippen molar-refractivity contribution in [3.63, 3.8) is 0 Å². The number of hydrogen-bond acceptors (Lipinski definition) is 5. The third kappa shape index (κ3) is 4.19. The molecule has 7 heteroatoms. The molecule has 0 bridgehead atoms. The predicted molar refractivity (Wildman–Crippen MR) is 96.4 cm³/mol. The Kier molecular flexibility index (Phi) is 4.94. The molecule has 3 rings (SSSR count). The fourth-order valence-electron chi connectivity index (χ4n) is 2.39. The Bertz CT molecular complexity index is 894. The van der Waals surface area contributed by atoms with E-state index in [1.54, 1.807) is 0 Å². The fourth-order valence-corrected chi connectivity index (χ4v) is 3.90.